The normalized spacial score (nSPS) is 11.3. The van der Waals surface area contributed by atoms with Crippen molar-refractivity contribution in [3.8, 4) is 0 Å². The van der Waals surface area contributed by atoms with Gasteiger partial charge in [0.15, 0.2) is 0 Å². The number of esters is 1. The quantitative estimate of drug-likeness (QED) is 0.487. The number of nitrogens with zero attached hydrogens (tertiary/aromatic N) is 2. The summed E-state index contributed by atoms with van der Waals surface area (Å²) in [4.78, 5) is 33.7. The van der Waals surface area contributed by atoms with Crippen molar-refractivity contribution in [1.82, 2.24) is 4.98 Å². The number of anilines is 1. The molecule has 7 nitrogen and oxygen atoms in total. The summed E-state index contributed by atoms with van der Waals surface area (Å²) in [7, 11) is 0. The summed E-state index contributed by atoms with van der Waals surface area (Å²) >= 11 is 0. The van der Waals surface area contributed by atoms with Gasteiger partial charge in [0.2, 0.25) is 5.55 Å². The van der Waals surface area contributed by atoms with E-state index in [9.17, 15) is 9.59 Å². The van der Waals surface area contributed by atoms with E-state index in [1.54, 1.807) is 67.7 Å². The Morgan fingerprint density at radius 1 is 1.03 bits per heavy atom. The lowest BCUT2D eigenvalue weighted by molar-refractivity contribution is 0.0526. The maximum Gasteiger partial charge on any atom is 0.338 e. The van der Waals surface area contributed by atoms with Gasteiger partial charge in [-0.2, -0.15) is 0 Å². The van der Waals surface area contributed by atoms with E-state index in [0.29, 0.717) is 22.7 Å². The molecule has 0 spiro atoms. The Morgan fingerprint density at radius 2 is 1.87 bits per heavy atom. The van der Waals surface area contributed by atoms with Gasteiger partial charge in [-0.25, -0.2) is 14.8 Å². The second kappa shape index (κ2) is 9.04. The highest BCUT2D eigenvalue weighted by Gasteiger charge is 2.14. The number of fused-ring (bicyclic) bond motifs is 1. The third-order valence-corrected chi connectivity index (χ3v) is 4.39. The van der Waals surface area contributed by atoms with E-state index in [1.807, 2.05) is 18.2 Å². The molecule has 1 N–H and O–H groups in total. The van der Waals surface area contributed by atoms with E-state index in [4.69, 9.17) is 9.15 Å². The molecule has 0 unspecified atom stereocenters. The van der Waals surface area contributed by atoms with Crippen LogP contribution < -0.4 is 10.9 Å². The predicted octanol–water partition coefficient (Wildman–Crippen LogP) is 4.49. The van der Waals surface area contributed by atoms with Crippen LogP contribution in [0.5, 0.6) is 0 Å². The average Bonchev–Trinajstić information content (AvgIpc) is 2.79. The Morgan fingerprint density at radius 3 is 2.68 bits per heavy atom. The lowest BCUT2D eigenvalue weighted by Crippen LogP contribution is -2.22. The second-order valence-corrected chi connectivity index (χ2v) is 6.55. The third kappa shape index (κ3) is 4.67. The van der Waals surface area contributed by atoms with Crippen LogP contribution in [0.25, 0.3) is 11.0 Å². The minimum Gasteiger partial charge on any atom is -0.462 e. The monoisotopic (exact) mass is 413 g/mol. The maximum atomic E-state index is 13.0. The van der Waals surface area contributed by atoms with Gasteiger partial charge in [0.25, 0.3) is 5.91 Å². The van der Waals surface area contributed by atoms with Crippen LogP contribution in [0.4, 0.5) is 11.5 Å². The highest BCUT2D eigenvalue weighted by molar-refractivity contribution is 6.05. The second-order valence-electron chi connectivity index (χ2n) is 6.55. The molecule has 0 bridgehead atoms. The molecule has 4 aromatic rings. The van der Waals surface area contributed by atoms with Crippen molar-refractivity contribution in [2.75, 3.05) is 11.9 Å². The number of nitrogens with one attached hydrogen (secondary N) is 1. The van der Waals surface area contributed by atoms with Crippen LogP contribution in [-0.2, 0) is 4.74 Å². The Balaban J connectivity index is 1.81. The molecule has 31 heavy (non-hydrogen) atoms. The van der Waals surface area contributed by atoms with Crippen molar-refractivity contribution in [3.05, 3.63) is 95.7 Å². The van der Waals surface area contributed by atoms with E-state index >= 15 is 0 Å². The number of pyridine rings is 1. The van der Waals surface area contributed by atoms with Crippen molar-refractivity contribution in [3.63, 3.8) is 0 Å². The van der Waals surface area contributed by atoms with Gasteiger partial charge in [0.05, 0.1) is 17.9 Å². The molecule has 0 radical (unpaired) electrons. The van der Waals surface area contributed by atoms with Crippen molar-refractivity contribution in [2.45, 2.75) is 6.92 Å². The number of amides is 1. The Bertz CT molecular complexity index is 1310. The first kappa shape index (κ1) is 20.0. The van der Waals surface area contributed by atoms with Gasteiger partial charge in [-0.05, 0) is 49.4 Å². The number of carbonyl (C=O) groups is 2. The molecule has 0 aliphatic rings. The number of hydrogen-bond acceptors (Lipinski definition) is 6. The van der Waals surface area contributed by atoms with Gasteiger partial charge in [-0.1, -0.05) is 30.3 Å². The van der Waals surface area contributed by atoms with Crippen molar-refractivity contribution >= 4 is 34.4 Å². The number of hydrogen-bond donors (Lipinski definition) is 1. The SMILES string of the molecule is CCOC(=O)c1cccc(N=c2oc3ccccc3cc2C(=O)Nc2ccccn2)c1. The lowest BCUT2D eigenvalue weighted by atomic mass is 10.1. The molecule has 0 atom stereocenters. The predicted molar refractivity (Wildman–Crippen MR) is 116 cm³/mol. The van der Waals surface area contributed by atoms with Crippen LogP contribution in [0.2, 0.25) is 0 Å². The van der Waals surface area contributed by atoms with Crippen LogP contribution in [-0.4, -0.2) is 23.5 Å². The molecule has 7 heteroatoms. The maximum absolute atomic E-state index is 13.0. The summed E-state index contributed by atoms with van der Waals surface area (Å²) in [6.07, 6.45) is 1.59. The molecule has 2 aromatic heterocycles. The van der Waals surface area contributed by atoms with Gasteiger partial charge < -0.3 is 14.5 Å². The standard InChI is InChI=1S/C24H19N3O4/c1-2-30-24(29)17-9-7-10-18(14-17)26-23-19(15-16-8-3-4-11-20(16)31-23)22(28)27-21-12-5-6-13-25-21/h3-15H,2H2,1H3,(H,25,27,28). The molecule has 0 aliphatic heterocycles. The number of aromatic nitrogens is 1. The summed E-state index contributed by atoms with van der Waals surface area (Å²) in [5, 5.41) is 3.51. The largest absolute Gasteiger partial charge is 0.462 e. The summed E-state index contributed by atoms with van der Waals surface area (Å²) in [5.41, 5.74) is 1.76. The first-order chi connectivity index (χ1) is 15.1. The van der Waals surface area contributed by atoms with Gasteiger partial charge in [-0.15, -0.1) is 0 Å². The number of para-hydroxylation sites is 1. The first-order valence-electron chi connectivity index (χ1n) is 9.71. The summed E-state index contributed by atoms with van der Waals surface area (Å²) < 4.78 is 11.0. The molecule has 0 fully saturated rings. The van der Waals surface area contributed by atoms with E-state index in [2.05, 4.69) is 15.3 Å². The third-order valence-electron chi connectivity index (χ3n) is 4.39. The number of carbonyl (C=O) groups excluding carboxylic acids is 2. The summed E-state index contributed by atoms with van der Waals surface area (Å²) in [5.74, 6) is -0.437. The number of benzene rings is 2. The van der Waals surface area contributed by atoms with Crippen molar-refractivity contribution in [2.24, 2.45) is 4.99 Å². The van der Waals surface area contributed by atoms with Crippen LogP contribution in [0, 0.1) is 0 Å². The minimum absolute atomic E-state index is 0.119. The molecular formula is C24H19N3O4. The fourth-order valence-corrected chi connectivity index (χ4v) is 2.97. The summed E-state index contributed by atoms with van der Waals surface area (Å²) in [6.45, 7) is 2.02. The van der Waals surface area contributed by atoms with Crippen molar-refractivity contribution in [1.29, 1.82) is 0 Å². The van der Waals surface area contributed by atoms with Crippen LogP contribution >= 0.6 is 0 Å². The number of ether oxygens (including phenoxy) is 1. The van der Waals surface area contributed by atoms with Crippen LogP contribution in [0.15, 0.2) is 88.4 Å². The average molecular weight is 413 g/mol. The van der Waals surface area contributed by atoms with Gasteiger partial charge >= 0.3 is 5.97 Å². The lowest BCUT2D eigenvalue weighted by Gasteiger charge is -2.06. The van der Waals surface area contributed by atoms with E-state index in [-0.39, 0.29) is 17.7 Å². The molecule has 0 saturated carbocycles. The van der Waals surface area contributed by atoms with Gasteiger partial charge in [0, 0.05) is 11.6 Å². The van der Waals surface area contributed by atoms with Crippen LogP contribution in [0.3, 0.4) is 0 Å². The zero-order valence-corrected chi connectivity index (χ0v) is 16.7. The van der Waals surface area contributed by atoms with E-state index in [0.717, 1.165) is 5.39 Å². The minimum atomic E-state index is -0.442. The van der Waals surface area contributed by atoms with Gasteiger partial charge in [0.1, 0.15) is 17.0 Å². The van der Waals surface area contributed by atoms with E-state index in [1.165, 1.54) is 0 Å². The summed E-state index contributed by atoms with van der Waals surface area (Å²) in [6, 6.07) is 20.9. The zero-order chi connectivity index (χ0) is 21.6. The first-order valence-corrected chi connectivity index (χ1v) is 9.71. The molecule has 0 saturated heterocycles. The van der Waals surface area contributed by atoms with Crippen molar-refractivity contribution < 1.29 is 18.7 Å². The van der Waals surface area contributed by atoms with Gasteiger partial charge in [-0.3, -0.25) is 4.79 Å². The molecule has 2 aromatic carbocycles. The van der Waals surface area contributed by atoms with Crippen LogP contribution in [0.1, 0.15) is 27.6 Å². The molecule has 1 amide bonds. The Hall–Kier alpha value is -4.26. The topological polar surface area (TPSA) is 93.8 Å². The number of rotatable bonds is 5. The Kier molecular flexibility index (Phi) is 5.84. The fraction of sp³-hybridized carbons (Fsp3) is 0.0833. The molecule has 0 aliphatic carbocycles. The zero-order valence-electron chi connectivity index (χ0n) is 16.7. The smallest absolute Gasteiger partial charge is 0.338 e. The molecule has 154 valence electrons. The fourth-order valence-electron chi connectivity index (χ4n) is 2.97. The molecule has 4 rings (SSSR count). The van der Waals surface area contributed by atoms with E-state index < -0.39 is 11.9 Å². The highest BCUT2D eigenvalue weighted by Crippen LogP contribution is 2.17. The Labute approximate surface area is 178 Å². The molecular weight excluding hydrogens is 394 g/mol. The highest BCUT2D eigenvalue weighted by atomic mass is 16.5. The molecule has 2 heterocycles.